The Morgan fingerprint density at radius 2 is 1.81 bits per heavy atom. The first-order valence-corrected chi connectivity index (χ1v) is 16.7. The number of carbonyl (C=O) groups excluding carboxylic acids is 3. The minimum absolute atomic E-state index is 0.0470. The highest BCUT2D eigenvalue weighted by Gasteiger charge is 2.55. The number of nitrogens with one attached hydrogen (secondary N) is 1. The maximum absolute atomic E-state index is 14.3. The van der Waals surface area contributed by atoms with Gasteiger partial charge in [-0.05, 0) is 74.3 Å². The molecule has 2 aliphatic carbocycles. The normalized spacial score (nSPS) is 33.5. The summed E-state index contributed by atoms with van der Waals surface area (Å²) < 4.78 is 50.0. The summed E-state index contributed by atoms with van der Waals surface area (Å²) in [5, 5.41) is 2.86. The fourth-order valence-electron chi connectivity index (χ4n) is 8.17. The van der Waals surface area contributed by atoms with E-state index >= 15 is 0 Å². The van der Waals surface area contributed by atoms with Crippen molar-refractivity contribution in [3.05, 3.63) is 17.8 Å². The zero-order valence-corrected chi connectivity index (χ0v) is 27.4. The Morgan fingerprint density at radius 1 is 1.02 bits per heavy atom. The standard InChI is InChI=1S/C34H42F2N4O7/c1-16-25-15-40(27(16)17(2)41)31(42)29(33(3,4)5)39-32(43)45-24-14-18-13-20(18)19(24)9-7-6-8-10-22-30(44-25)38-26-21(37-22)11-12-23-28(26)47-34(35,36)46-23/h11-12,16,18-20,24-25,27,29H,6-10,13-15H2,1-5H3,(H,39,43)/t16?,18?,19-,20?,24-,25+,27+,29-/m1/s1. The number of Topliss-reactive ketones (excluding diaryl/α,β-unsaturated/α-hetero) is 1. The van der Waals surface area contributed by atoms with Crippen LogP contribution >= 0.6 is 0 Å². The molecule has 2 amide bonds. The zero-order chi connectivity index (χ0) is 33.4. The van der Waals surface area contributed by atoms with Gasteiger partial charge in [-0.2, -0.15) is 0 Å². The SMILES string of the molecule is CC(=O)[C@@H]1C(C)[C@@H]2CN1C(=O)[C@H](C(C)(C)C)NC(=O)O[C@@H]1CC3CC3[C@H]1CCCCCc1nc3ccc4c(c3nc1O2)OC(F)(F)O4. The van der Waals surface area contributed by atoms with Crippen LogP contribution in [0.15, 0.2) is 12.1 Å². The predicted molar refractivity (Wildman–Crippen MR) is 164 cm³/mol. The number of ether oxygens (including phenoxy) is 4. The van der Waals surface area contributed by atoms with E-state index in [4.69, 9.17) is 19.2 Å². The Bertz CT molecular complexity index is 1610. The maximum atomic E-state index is 14.3. The van der Waals surface area contributed by atoms with Crippen LogP contribution in [0.25, 0.3) is 11.0 Å². The smallest absolute Gasteiger partial charge is 0.471 e. The second-order valence-corrected chi connectivity index (χ2v) is 15.0. The van der Waals surface area contributed by atoms with Crippen LogP contribution in [-0.4, -0.2) is 69.8 Å². The van der Waals surface area contributed by atoms with E-state index in [1.807, 2.05) is 27.7 Å². The molecule has 0 spiro atoms. The summed E-state index contributed by atoms with van der Waals surface area (Å²) in [7, 11) is 0. The molecule has 2 saturated carbocycles. The summed E-state index contributed by atoms with van der Waals surface area (Å²) in [6.45, 7) is 8.88. The van der Waals surface area contributed by atoms with Crippen LogP contribution in [0.2, 0.25) is 0 Å². The molecule has 11 nitrogen and oxygen atoms in total. The molecule has 47 heavy (non-hydrogen) atoms. The predicted octanol–water partition coefficient (Wildman–Crippen LogP) is 5.42. The average molecular weight is 657 g/mol. The third kappa shape index (κ3) is 5.94. The number of aryl methyl sites for hydroxylation is 1. The van der Waals surface area contributed by atoms with E-state index < -0.39 is 47.8 Å². The Kier molecular flexibility index (Phi) is 7.74. The lowest BCUT2D eigenvalue weighted by Gasteiger charge is -2.35. The average Bonchev–Trinajstić information content (AvgIpc) is 3.38. The minimum Gasteiger partial charge on any atom is -0.471 e. The van der Waals surface area contributed by atoms with Crippen molar-refractivity contribution >= 4 is 28.8 Å². The highest BCUT2D eigenvalue weighted by Crippen LogP contribution is 2.57. The maximum Gasteiger partial charge on any atom is 0.586 e. The lowest BCUT2D eigenvalue weighted by atomic mass is 9.85. The Morgan fingerprint density at radius 3 is 2.55 bits per heavy atom. The van der Waals surface area contributed by atoms with Gasteiger partial charge >= 0.3 is 12.4 Å². The summed E-state index contributed by atoms with van der Waals surface area (Å²) in [5.74, 6) is 0.104. The number of carbonyl (C=O) groups is 3. The molecule has 4 heterocycles. The number of ketones is 1. The number of alkyl carbamates (subject to hydrolysis) is 1. The summed E-state index contributed by atoms with van der Waals surface area (Å²) >= 11 is 0. The highest BCUT2D eigenvalue weighted by atomic mass is 19.3. The monoisotopic (exact) mass is 656 g/mol. The van der Waals surface area contributed by atoms with E-state index in [1.54, 1.807) is 6.07 Å². The van der Waals surface area contributed by atoms with Gasteiger partial charge in [-0.15, -0.1) is 8.78 Å². The molecule has 2 bridgehead atoms. The number of halogens is 2. The van der Waals surface area contributed by atoms with Crippen LogP contribution in [0.3, 0.4) is 0 Å². The van der Waals surface area contributed by atoms with Gasteiger partial charge in [0.2, 0.25) is 17.5 Å². The molecule has 254 valence electrons. The molecule has 8 atom stereocenters. The summed E-state index contributed by atoms with van der Waals surface area (Å²) in [6, 6.07) is 1.17. The van der Waals surface area contributed by atoms with Crippen molar-refractivity contribution < 1.29 is 42.1 Å². The lowest BCUT2D eigenvalue weighted by molar-refractivity contribution is -0.286. The Labute approximate surface area is 272 Å². The van der Waals surface area contributed by atoms with Gasteiger partial charge in [0.15, 0.2) is 11.5 Å². The topological polar surface area (TPSA) is 129 Å². The molecule has 3 unspecified atom stereocenters. The second kappa shape index (κ2) is 11.4. The van der Waals surface area contributed by atoms with Crippen molar-refractivity contribution in [3.8, 4) is 17.4 Å². The van der Waals surface area contributed by atoms with Crippen LogP contribution in [-0.2, 0) is 20.7 Å². The first-order valence-electron chi connectivity index (χ1n) is 16.7. The van der Waals surface area contributed by atoms with Crippen LogP contribution in [0.4, 0.5) is 13.6 Å². The number of benzene rings is 1. The van der Waals surface area contributed by atoms with Crippen molar-refractivity contribution in [2.24, 2.45) is 29.1 Å². The number of aromatic nitrogens is 2. The molecule has 3 aliphatic heterocycles. The largest absolute Gasteiger partial charge is 0.586 e. The van der Waals surface area contributed by atoms with Gasteiger partial charge in [0, 0.05) is 5.92 Å². The van der Waals surface area contributed by atoms with Gasteiger partial charge in [0.05, 0.1) is 18.1 Å². The van der Waals surface area contributed by atoms with Gasteiger partial charge in [0.1, 0.15) is 29.5 Å². The molecule has 1 saturated heterocycles. The van der Waals surface area contributed by atoms with Crippen molar-refractivity contribution in [2.45, 2.75) is 110 Å². The van der Waals surface area contributed by atoms with Crippen LogP contribution in [0.1, 0.15) is 78.8 Å². The van der Waals surface area contributed by atoms with Crippen LogP contribution in [0.5, 0.6) is 17.4 Å². The Hall–Kier alpha value is -3.77. The lowest BCUT2D eigenvalue weighted by Crippen LogP contribution is -2.57. The van der Waals surface area contributed by atoms with E-state index in [-0.39, 0.29) is 47.2 Å². The summed E-state index contributed by atoms with van der Waals surface area (Å²) in [5.41, 5.74) is 0.301. The quantitative estimate of drug-likeness (QED) is 0.428. The van der Waals surface area contributed by atoms with Crippen LogP contribution < -0.4 is 19.5 Å². The van der Waals surface area contributed by atoms with E-state index in [2.05, 4.69) is 15.0 Å². The molecule has 13 heteroatoms. The molecule has 1 aromatic carbocycles. The molecule has 2 aromatic rings. The number of hydrogen-bond acceptors (Lipinski definition) is 9. The fourth-order valence-corrected chi connectivity index (χ4v) is 8.17. The first-order chi connectivity index (χ1) is 22.2. The molecule has 1 N–H and O–H groups in total. The molecule has 3 fully saturated rings. The molecule has 5 aliphatic rings. The number of hydrogen-bond donors (Lipinski definition) is 1. The molecular formula is C34H42F2N4O7. The van der Waals surface area contributed by atoms with Gasteiger partial charge in [-0.3, -0.25) is 9.59 Å². The Balaban J connectivity index is 1.26. The number of nitrogens with zero attached hydrogens (tertiary/aromatic N) is 3. The second-order valence-electron chi connectivity index (χ2n) is 15.0. The summed E-state index contributed by atoms with van der Waals surface area (Å²) in [6.07, 6.45) is 0.757. The van der Waals surface area contributed by atoms with E-state index in [1.165, 1.54) is 17.9 Å². The molecule has 1 aromatic heterocycles. The van der Waals surface area contributed by atoms with E-state index in [0.29, 0.717) is 29.5 Å². The van der Waals surface area contributed by atoms with Crippen LogP contribution in [0, 0.1) is 29.1 Å². The third-order valence-corrected chi connectivity index (χ3v) is 10.6. The van der Waals surface area contributed by atoms with Gasteiger partial charge in [-0.25, -0.2) is 14.8 Å². The fraction of sp³-hybridized carbons (Fsp3) is 0.676. The van der Waals surface area contributed by atoms with Gasteiger partial charge < -0.3 is 29.2 Å². The first kappa shape index (κ1) is 31.8. The van der Waals surface area contributed by atoms with Gasteiger partial charge in [-0.1, -0.05) is 40.5 Å². The number of alkyl halides is 2. The zero-order valence-electron chi connectivity index (χ0n) is 27.4. The van der Waals surface area contributed by atoms with Crippen molar-refractivity contribution in [1.29, 1.82) is 0 Å². The van der Waals surface area contributed by atoms with Crippen molar-refractivity contribution in [1.82, 2.24) is 20.2 Å². The number of amides is 2. The van der Waals surface area contributed by atoms with Crippen molar-refractivity contribution in [3.63, 3.8) is 0 Å². The number of fused-ring (bicyclic) bond motifs is 9. The molecular weight excluding hydrogens is 614 g/mol. The molecule has 0 radical (unpaired) electrons. The summed E-state index contributed by atoms with van der Waals surface area (Å²) in [4.78, 5) is 51.6. The minimum atomic E-state index is -3.83. The molecule has 7 rings (SSSR count). The van der Waals surface area contributed by atoms with E-state index in [0.717, 1.165) is 38.5 Å². The number of rotatable bonds is 1. The van der Waals surface area contributed by atoms with Crippen molar-refractivity contribution in [2.75, 3.05) is 6.54 Å². The van der Waals surface area contributed by atoms with Gasteiger partial charge in [0.25, 0.3) is 0 Å². The van der Waals surface area contributed by atoms with E-state index in [9.17, 15) is 23.2 Å². The third-order valence-electron chi connectivity index (χ3n) is 10.6. The highest BCUT2D eigenvalue weighted by molar-refractivity contribution is 5.92.